The zero-order valence-electron chi connectivity index (χ0n) is 18.4. The molecule has 0 saturated heterocycles. The Kier molecular flexibility index (Phi) is 6.67. The number of H-pyrrole nitrogens is 1. The molecular formula is C23H29N5O2S. The minimum Gasteiger partial charge on any atom is -0.492 e. The molecule has 4 rings (SSSR count). The van der Waals surface area contributed by atoms with Gasteiger partial charge in [-0.05, 0) is 50.9 Å². The number of amides is 1. The zero-order chi connectivity index (χ0) is 21.8. The van der Waals surface area contributed by atoms with Crippen LogP contribution in [0.15, 0.2) is 29.6 Å². The molecule has 1 N–H and O–H groups in total. The molecule has 164 valence electrons. The summed E-state index contributed by atoms with van der Waals surface area (Å²) in [6, 6.07) is 8.14. The van der Waals surface area contributed by atoms with Crippen molar-refractivity contribution in [2.75, 3.05) is 27.2 Å². The van der Waals surface area contributed by atoms with Crippen LogP contribution in [0, 0.1) is 6.92 Å². The van der Waals surface area contributed by atoms with Gasteiger partial charge in [-0.2, -0.15) is 5.10 Å². The van der Waals surface area contributed by atoms with E-state index < -0.39 is 0 Å². The number of ether oxygens (including phenoxy) is 1. The quantitative estimate of drug-likeness (QED) is 0.553. The van der Waals surface area contributed by atoms with Gasteiger partial charge in [-0.1, -0.05) is 12.1 Å². The van der Waals surface area contributed by atoms with Gasteiger partial charge < -0.3 is 9.64 Å². The Morgan fingerprint density at radius 3 is 2.74 bits per heavy atom. The molecular weight excluding hydrogens is 410 g/mol. The van der Waals surface area contributed by atoms with Crippen molar-refractivity contribution in [1.82, 2.24) is 25.0 Å². The van der Waals surface area contributed by atoms with Gasteiger partial charge in [0.05, 0.1) is 17.2 Å². The number of aromatic amines is 1. The minimum atomic E-state index is -0.0447. The Morgan fingerprint density at radius 1 is 1.19 bits per heavy atom. The number of carbonyl (C=O) groups excluding carboxylic acids is 1. The fraction of sp³-hybridized carbons (Fsp3) is 0.435. The van der Waals surface area contributed by atoms with E-state index in [0.717, 1.165) is 60.1 Å². The molecule has 0 unspecified atom stereocenters. The van der Waals surface area contributed by atoms with E-state index in [1.54, 1.807) is 23.3 Å². The average Bonchev–Trinajstić information content (AvgIpc) is 3.46. The monoisotopic (exact) mass is 439 g/mol. The standard InChI is InChI=1S/C23H29N5O2S/c1-16-24-18(15-31-16)14-27(2)13-17-7-9-19(10-8-17)30-12-11-28(3)23(29)22-20-5-4-6-21(20)25-26-22/h7-10,15H,4-6,11-14H2,1-3H3,(H,25,26). The number of rotatable bonds is 9. The molecule has 0 aliphatic heterocycles. The Balaban J connectivity index is 1.22. The third-order valence-corrected chi connectivity index (χ3v) is 6.35. The molecule has 2 aromatic heterocycles. The summed E-state index contributed by atoms with van der Waals surface area (Å²) < 4.78 is 5.85. The third kappa shape index (κ3) is 5.32. The van der Waals surface area contributed by atoms with Crippen LogP contribution in [0.1, 0.15) is 44.4 Å². The van der Waals surface area contributed by atoms with Crippen LogP contribution < -0.4 is 4.74 Å². The molecule has 1 amide bonds. The van der Waals surface area contributed by atoms with Gasteiger partial charge in [0.15, 0.2) is 5.69 Å². The number of nitrogens with one attached hydrogen (secondary N) is 1. The lowest BCUT2D eigenvalue weighted by atomic mass is 10.2. The van der Waals surface area contributed by atoms with Crippen LogP contribution in [0.5, 0.6) is 5.75 Å². The summed E-state index contributed by atoms with van der Waals surface area (Å²) in [5.74, 6) is 0.764. The van der Waals surface area contributed by atoms with E-state index in [0.29, 0.717) is 18.8 Å². The van der Waals surface area contributed by atoms with E-state index in [9.17, 15) is 4.79 Å². The van der Waals surface area contributed by atoms with Gasteiger partial charge in [0.25, 0.3) is 5.91 Å². The molecule has 0 radical (unpaired) electrons. The lowest BCUT2D eigenvalue weighted by Crippen LogP contribution is -2.31. The van der Waals surface area contributed by atoms with Crippen LogP contribution >= 0.6 is 11.3 Å². The van der Waals surface area contributed by atoms with Crippen molar-refractivity contribution in [1.29, 1.82) is 0 Å². The van der Waals surface area contributed by atoms with Crippen LogP contribution in [0.25, 0.3) is 0 Å². The van der Waals surface area contributed by atoms with Gasteiger partial charge in [-0.3, -0.25) is 14.8 Å². The molecule has 8 heteroatoms. The maximum absolute atomic E-state index is 12.7. The molecule has 1 aromatic carbocycles. The molecule has 0 bridgehead atoms. The van der Waals surface area contributed by atoms with Crippen LogP contribution in [0.3, 0.4) is 0 Å². The summed E-state index contributed by atoms with van der Waals surface area (Å²) in [6.45, 7) is 4.67. The van der Waals surface area contributed by atoms with Gasteiger partial charge in [0.1, 0.15) is 12.4 Å². The Bertz CT molecular complexity index is 1030. The van der Waals surface area contributed by atoms with Gasteiger partial charge in [-0.25, -0.2) is 4.98 Å². The first kappa shape index (κ1) is 21.5. The second-order valence-corrected chi connectivity index (χ2v) is 9.19. The number of hydrogen-bond donors (Lipinski definition) is 1. The van der Waals surface area contributed by atoms with Gasteiger partial charge in [-0.15, -0.1) is 11.3 Å². The van der Waals surface area contributed by atoms with Crippen LogP contribution in [-0.2, 0) is 25.9 Å². The number of aryl methyl sites for hydroxylation is 2. The molecule has 3 aromatic rings. The zero-order valence-corrected chi connectivity index (χ0v) is 19.2. The van der Waals surface area contributed by atoms with Crippen molar-refractivity contribution in [3.8, 4) is 5.75 Å². The van der Waals surface area contributed by atoms with Gasteiger partial charge >= 0.3 is 0 Å². The van der Waals surface area contributed by atoms with E-state index in [1.807, 2.05) is 19.1 Å². The molecule has 31 heavy (non-hydrogen) atoms. The molecule has 7 nitrogen and oxygen atoms in total. The molecule has 0 fully saturated rings. The minimum absolute atomic E-state index is 0.0447. The number of nitrogens with zero attached hydrogens (tertiary/aromatic N) is 4. The summed E-state index contributed by atoms with van der Waals surface area (Å²) in [5.41, 5.74) is 5.10. The number of hydrogen-bond acceptors (Lipinski definition) is 6. The number of fused-ring (bicyclic) bond motifs is 1. The highest BCUT2D eigenvalue weighted by Gasteiger charge is 2.25. The van der Waals surface area contributed by atoms with Crippen molar-refractivity contribution >= 4 is 17.2 Å². The molecule has 1 aliphatic rings. The summed E-state index contributed by atoms with van der Waals surface area (Å²) in [4.78, 5) is 21.1. The number of benzene rings is 1. The molecule has 1 aliphatic carbocycles. The predicted octanol–water partition coefficient (Wildman–Crippen LogP) is 3.45. The highest BCUT2D eigenvalue weighted by molar-refractivity contribution is 7.09. The van der Waals surface area contributed by atoms with Crippen LogP contribution in [-0.4, -0.2) is 58.1 Å². The Hall–Kier alpha value is -2.71. The third-order valence-electron chi connectivity index (χ3n) is 5.53. The first-order chi connectivity index (χ1) is 15.0. The predicted molar refractivity (Wildman–Crippen MR) is 122 cm³/mol. The van der Waals surface area contributed by atoms with E-state index in [2.05, 4.69) is 44.6 Å². The fourth-order valence-electron chi connectivity index (χ4n) is 3.90. The lowest BCUT2D eigenvalue weighted by Gasteiger charge is -2.17. The maximum Gasteiger partial charge on any atom is 0.274 e. The summed E-state index contributed by atoms with van der Waals surface area (Å²) in [5, 5.41) is 10.4. The smallest absolute Gasteiger partial charge is 0.274 e. The maximum atomic E-state index is 12.7. The van der Waals surface area contributed by atoms with Gasteiger partial charge in [0.2, 0.25) is 0 Å². The molecule has 2 heterocycles. The largest absolute Gasteiger partial charge is 0.492 e. The number of likely N-dealkylation sites (N-methyl/N-ethyl adjacent to an activating group) is 1. The van der Waals surface area contributed by atoms with E-state index in [4.69, 9.17) is 4.74 Å². The van der Waals surface area contributed by atoms with E-state index in [1.165, 1.54) is 5.56 Å². The van der Waals surface area contributed by atoms with Crippen molar-refractivity contribution in [3.05, 3.63) is 62.9 Å². The van der Waals surface area contributed by atoms with Crippen molar-refractivity contribution in [2.45, 2.75) is 39.3 Å². The Morgan fingerprint density at radius 2 is 2.00 bits per heavy atom. The average molecular weight is 440 g/mol. The topological polar surface area (TPSA) is 74.3 Å². The normalized spacial score (nSPS) is 12.9. The van der Waals surface area contributed by atoms with E-state index in [-0.39, 0.29) is 5.91 Å². The summed E-state index contributed by atoms with van der Waals surface area (Å²) >= 11 is 1.69. The van der Waals surface area contributed by atoms with E-state index >= 15 is 0 Å². The highest BCUT2D eigenvalue weighted by Crippen LogP contribution is 2.23. The Labute approximate surface area is 187 Å². The SMILES string of the molecule is Cc1nc(CN(C)Cc2ccc(OCCN(C)C(=O)c3n[nH]c4c3CCC4)cc2)cs1. The first-order valence-corrected chi connectivity index (χ1v) is 11.5. The van der Waals surface area contributed by atoms with Crippen molar-refractivity contribution < 1.29 is 9.53 Å². The number of thiazole rings is 1. The second-order valence-electron chi connectivity index (χ2n) is 8.13. The molecule has 0 saturated carbocycles. The van der Waals surface area contributed by atoms with Crippen LogP contribution in [0.2, 0.25) is 0 Å². The summed E-state index contributed by atoms with van der Waals surface area (Å²) in [6.07, 6.45) is 3.01. The fourth-order valence-corrected chi connectivity index (χ4v) is 4.50. The summed E-state index contributed by atoms with van der Waals surface area (Å²) in [7, 11) is 3.89. The lowest BCUT2D eigenvalue weighted by molar-refractivity contribution is 0.0767. The van der Waals surface area contributed by atoms with Crippen molar-refractivity contribution in [2.24, 2.45) is 0 Å². The second kappa shape index (κ2) is 9.62. The number of carbonyl (C=O) groups is 1. The highest BCUT2D eigenvalue weighted by atomic mass is 32.1. The van der Waals surface area contributed by atoms with Crippen LogP contribution in [0.4, 0.5) is 0 Å². The first-order valence-electron chi connectivity index (χ1n) is 10.6. The molecule has 0 spiro atoms. The van der Waals surface area contributed by atoms with Gasteiger partial charge in [0, 0.05) is 36.8 Å². The van der Waals surface area contributed by atoms with Crippen molar-refractivity contribution in [3.63, 3.8) is 0 Å². The number of aromatic nitrogens is 3. The molecule has 0 atom stereocenters.